The van der Waals surface area contributed by atoms with E-state index in [0.29, 0.717) is 4.64 Å². The number of hydrogen-bond acceptors (Lipinski definition) is 3. The summed E-state index contributed by atoms with van der Waals surface area (Å²) in [6.45, 7) is 1.91. The summed E-state index contributed by atoms with van der Waals surface area (Å²) in [5.74, 6) is 0.849. The second-order valence-corrected chi connectivity index (χ2v) is 3.79. The Labute approximate surface area is 93.2 Å². The third-order valence-corrected chi connectivity index (χ3v) is 2.24. The third-order valence-electron chi connectivity index (χ3n) is 2.03. The second-order valence-electron chi connectivity index (χ2n) is 3.37. The van der Waals surface area contributed by atoms with Crippen molar-refractivity contribution in [3.05, 3.63) is 52.3 Å². The van der Waals surface area contributed by atoms with Crippen LogP contribution in [0, 0.1) is 11.6 Å². The quantitative estimate of drug-likeness (QED) is 0.785. The Kier molecular flexibility index (Phi) is 2.87. The molecule has 76 valence electrons. The molecule has 2 aromatic rings. The van der Waals surface area contributed by atoms with E-state index in [-0.39, 0.29) is 0 Å². The van der Waals surface area contributed by atoms with Crippen molar-refractivity contribution in [2.24, 2.45) is 0 Å². The molecule has 0 atom stereocenters. The van der Waals surface area contributed by atoms with Gasteiger partial charge in [-0.2, -0.15) is 0 Å². The lowest BCUT2D eigenvalue weighted by atomic mass is 10.1. The van der Waals surface area contributed by atoms with Gasteiger partial charge in [0, 0.05) is 24.5 Å². The lowest BCUT2D eigenvalue weighted by Gasteiger charge is -2.02. The van der Waals surface area contributed by atoms with Crippen molar-refractivity contribution in [2.75, 3.05) is 0 Å². The summed E-state index contributed by atoms with van der Waals surface area (Å²) in [6.07, 6.45) is 4.43. The van der Waals surface area contributed by atoms with Crippen molar-refractivity contribution in [1.82, 2.24) is 15.0 Å². The molecule has 0 saturated heterocycles. The summed E-state index contributed by atoms with van der Waals surface area (Å²) >= 11 is 5.06. The first-order valence-electron chi connectivity index (χ1n) is 4.70. The van der Waals surface area contributed by atoms with Gasteiger partial charge < -0.3 is 4.98 Å². The summed E-state index contributed by atoms with van der Waals surface area (Å²) in [7, 11) is 0. The Bertz CT molecular complexity index is 505. The first-order valence-corrected chi connectivity index (χ1v) is 5.10. The Morgan fingerprint density at radius 1 is 1.47 bits per heavy atom. The van der Waals surface area contributed by atoms with Gasteiger partial charge in [-0.05, 0) is 24.6 Å². The zero-order valence-corrected chi connectivity index (χ0v) is 9.21. The zero-order valence-electron chi connectivity index (χ0n) is 8.40. The lowest BCUT2D eigenvalue weighted by Crippen LogP contribution is -1.97. The maximum atomic E-state index is 5.06. The minimum absolute atomic E-state index is 0.630. The summed E-state index contributed by atoms with van der Waals surface area (Å²) in [5, 5.41) is 0. The van der Waals surface area contributed by atoms with Crippen LogP contribution in [0.5, 0.6) is 0 Å². The van der Waals surface area contributed by atoms with Gasteiger partial charge in [0.15, 0.2) is 0 Å². The van der Waals surface area contributed by atoms with Crippen LogP contribution in [0.25, 0.3) is 0 Å². The maximum absolute atomic E-state index is 5.06. The molecule has 0 fully saturated rings. The number of nitrogens with one attached hydrogen (secondary N) is 1. The van der Waals surface area contributed by atoms with Gasteiger partial charge in [-0.1, -0.05) is 18.3 Å². The Hall–Kier alpha value is -1.55. The molecule has 15 heavy (non-hydrogen) atoms. The highest BCUT2D eigenvalue weighted by Gasteiger charge is 1.97. The molecule has 0 aliphatic carbocycles. The molecule has 0 saturated carbocycles. The molecule has 3 nitrogen and oxygen atoms in total. The van der Waals surface area contributed by atoms with Gasteiger partial charge in [-0.15, -0.1) is 0 Å². The average molecular weight is 217 g/mol. The van der Waals surface area contributed by atoms with Crippen molar-refractivity contribution < 1.29 is 0 Å². The molecule has 0 bridgehead atoms. The number of rotatable bonds is 2. The molecule has 1 N–H and O–H groups in total. The summed E-state index contributed by atoms with van der Waals surface area (Å²) in [5.41, 5.74) is 2.23. The van der Waals surface area contributed by atoms with Crippen LogP contribution >= 0.6 is 12.2 Å². The largest absolute Gasteiger partial charge is 0.347 e. The first kappa shape index (κ1) is 9.98. The Morgan fingerprint density at radius 3 is 3.00 bits per heavy atom. The van der Waals surface area contributed by atoms with E-state index < -0.39 is 0 Å². The van der Waals surface area contributed by atoms with E-state index in [1.807, 2.05) is 31.3 Å². The van der Waals surface area contributed by atoms with Gasteiger partial charge in [0.2, 0.25) is 0 Å². The fourth-order valence-corrected chi connectivity index (χ4v) is 1.74. The fourth-order valence-electron chi connectivity index (χ4n) is 1.46. The predicted molar refractivity (Wildman–Crippen MR) is 61.2 cm³/mol. The Morgan fingerprint density at radius 2 is 2.33 bits per heavy atom. The number of aromatic amines is 1. The van der Waals surface area contributed by atoms with E-state index in [2.05, 4.69) is 15.0 Å². The number of aromatic nitrogens is 3. The molecule has 0 amide bonds. The van der Waals surface area contributed by atoms with E-state index in [1.54, 1.807) is 6.20 Å². The zero-order chi connectivity index (χ0) is 10.7. The van der Waals surface area contributed by atoms with Crippen molar-refractivity contribution in [3.8, 4) is 0 Å². The summed E-state index contributed by atoms with van der Waals surface area (Å²) in [4.78, 5) is 11.4. The highest BCUT2D eigenvalue weighted by molar-refractivity contribution is 7.71. The number of nitrogens with zero attached hydrogens (tertiary/aromatic N) is 2. The normalized spacial score (nSPS) is 10.2. The summed E-state index contributed by atoms with van der Waals surface area (Å²) < 4.78 is 0.630. The molecule has 2 heterocycles. The molecular weight excluding hydrogens is 206 g/mol. The predicted octanol–water partition coefficient (Wildman–Crippen LogP) is 2.43. The number of aryl methyl sites for hydroxylation is 1. The van der Waals surface area contributed by atoms with E-state index in [4.69, 9.17) is 12.2 Å². The van der Waals surface area contributed by atoms with Crippen LogP contribution in [0.3, 0.4) is 0 Å². The first-order chi connectivity index (χ1) is 7.24. The van der Waals surface area contributed by atoms with E-state index in [9.17, 15) is 0 Å². The highest BCUT2D eigenvalue weighted by atomic mass is 32.1. The van der Waals surface area contributed by atoms with Crippen molar-refractivity contribution in [1.29, 1.82) is 0 Å². The van der Waals surface area contributed by atoms with E-state index >= 15 is 0 Å². The van der Waals surface area contributed by atoms with E-state index in [1.165, 1.54) is 0 Å². The van der Waals surface area contributed by atoms with Gasteiger partial charge in [-0.3, -0.25) is 4.98 Å². The monoisotopic (exact) mass is 217 g/mol. The molecule has 2 rings (SSSR count). The Balaban J connectivity index is 2.29. The molecule has 0 unspecified atom stereocenters. The minimum Gasteiger partial charge on any atom is -0.347 e. The van der Waals surface area contributed by atoms with Crippen LogP contribution in [0.4, 0.5) is 0 Å². The molecule has 2 aromatic heterocycles. The topological polar surface area (TPSA) is 41.6 Å². The SMILES string of the molecule is Cc1nc(=S)cc(Cc2cccnc2)[nH]1. The number of pyridine rings is 1. The summed E-state index contributed by atoms with van der Waals surface area (Å²) in [6, 6.07) is 5.85. The molecular formula is C11H11N3S. The molecule has 0 radical (unpaired) electrons. The van der Waals surface area contributed by atoms with E-state index in [0.717, 1.165) is 23.5 Å². The molecule has 0 aliphatic heterocycles. The maximum Gasteiger partial charge on any atom is 0.129 e. The van der Waals surface area contributed by atoms with Crippen LogP contribution in [-0.4, -0.2) is 15.0 Å². The number of hydrogen-bond donors (Lipinski definition) is 1. The van der Waals surface area contributed by atoms with Crippen molar-refractivity contribution in [3.63, 3.8) is 0 Å². The molecule has 0 aromatic carbocycles. The molecule has 4 heteroatoms. The number of H-pyrrole nitrogens is 1. The average Bonchev–Trinajstić information content (AvgIpc) is 2.17. The van der Waals surface area contributed by atoms with Crippen LogP contribution in [0.15, 0.2) is 30.6 Å². The van der Waals surface area contributed by atoms with Gasteiger partial charge in [-0.25, -0.2) is 4.98 Å². The van der Waals surface area contributed by atoms with Crippen LogP contribution < -0.4 is 0 Å². The fraction of sp³-hybridized carbons (Fsp3) is 0.182. The third kappa shape index (κ3) is 2.70. The molecule has 0 spiro atoms. The standard InChI is InChI=1S/C11H11N3S/c1-8-13-10(6-11(15)14-8)5-9-3-2-4-12-7-9/h2-4,6-7H,5H2,1H3,(H,13,14,15). The van der Waals surface area contributed by atoms with Gasteiger partial charge in [0.25, 0.3) is 0 Å². The van der Waals surface area contributed by atoms with Crippen molar-refractivity contribution in [2.45, 2.75) is 13.3 Å². The minimum atomic E-state index is 0.630. The van der Waals surface area contributed by atoms with Crippen molar-refractivity contribution >= 4 is 12.2 Å². The van der Waals surface area contributed by atoms with Crippen LogP contribution in [-0.2, 0) is 6.42 Å². The van der Waals surface area contributed by atoms with Crippen LogP contribution in [0.2, 0.25) is 0 Å². The van der Waals surface area contributed by atoms with Crippen LogP contribution in [0.1, 0.15) is 17.1 Å². The second kappa shape index (κ2) is 4.31. The van der Waals surface area contributed by atoms with Gasteiger partial charge in [0.05, 0.1) is 0 Å². The lowest BCUT2D eigenvalue weighted by molar-refractivity contribution is 0.956. The van der Waals surface area contributed by atoms with Gasteiger partial charge >= 0.3 is 0 Å². The van der Waals surface area contributed by atoms with Gasteiger partial charge in [0.1, 0.15) is 10.5 Å². The smallest absolute Gasteiger partial charge is 0.129 e. The highest BCUT2D eigenvalue weighted by Crippen LogP contribution is 2.05. The molecule has 0 aliphatic rings.